The Morgan fingerprint density at radius 3 is 2.36 bits per heavy atom. The molecule has 0 unspecified atom stereocenters. The third-order valence-electron chi connectivity index (χ3n) is 5.00. The first-order chi connectivity index (χ1) is 13.8. The maximum Gasteiger partial charge on any atom is 0.167 e. The Kier molecular flexibility index (Phi) is 3.99. The molecule has 0 atom stereocenters. The van der Waals surface area contributed by atoms with Crippen molar-refractivity contribution in [1.29, 1.82) is 0 Å². The minimum absolute atomic E-state index is 0.0709. The first kappa shape index (κ1) is 16.5. The third-order valence-corrected chi connectivity index (χ3v) is 5.00. The van der Waals surface area contributed by atoms with Gasteiger partial charge in [0.05, 0.1) is 0 Å². The Bertz CT molecular complexity index is 1290. The van der Waals surface area contributed by atoms with Gasteiger partial charge >= 0.3 is 0 Å². The average Bonchev–Trinajstić information content (AvgIpc) is 3.14. The lowest BCUT2D eigenvalue weighted by molar-refractivity contribution is 0.0993. The summed E-state index contributed by atoms with van der Waals surface area (Å²) in [5.74, 6) is 0.805. The zero-order chi connectivity index (χ0) is 18.9. The van der Waals surface area contributed by atoms with E-state index in [1.807, 2.05) is 84.9 Å². The van der Waals surface area contributed by atoms with Gasteiger partial charge in [-0.15, -0.1) is 0 Å². The molecule has 3 aromatic carbocycles. The molecule has 0 N–H and O–H groups in total. The van der Waals surface area contributed by atoms with Crippen LogP contribution in [0.2, 0.25) is 0 Å². The second-order valence-electron chi connectivity index (χ2n) is 6.76. The lowest BCUT2D eigenvalue weighted by atomic mass is 9.97. The number of pyridine rings is 1. The molecule has 3 heteroatoms. The van der Waals surface area contributed by atoms with E-state index in [0.717, 1.165) is 38.8 Å². The molecule has 134 valence electrons. The number of benzene rings is 3. The highest BCUT2D eigenvalue weighted by atomic mass is 16.3. The largest absolute Gasteiger partial charge is 0.453 e. The fourth-order valence-corrected chi connectivity index (χ4v) is 3.63. The highest BCUT2D eigenvalue weighted by Gasteiger charge is 2.21. The maximum absolute atomic E-state index is 12.9. The Morgan fingerprint density at radius 1 is 0.821 bits per heavy atom. The molecule has 0 saturated carbocycles. The predicted molar refractivity (Wildman–Crippen MR) is 111 cm³/mol. The summed E-state index contributed by atoms with van der Waals surface area (Å²) < 4.78 is 6.32. The maximum atomic E-state index is 12.9. The summed E-state index contributed by atoms with van der Waals surface area (Å²) in [6.45, 7) is 0. The van der Waals surface area contributed by atoms with Crippen molar-refractivity contribution in [2.24, 2.45) is 0 Å². The number of furan rings is 1. The van der Waals surface area contributed by atoms with E-state index in [2.05, 4.69) is 4.98 Å². The SMILES string of the molecule is O=C(Cc1c(-c2ccccc2)oc2c1ccc1cccnc12)c1ccccc1. The molecule has 0 amide bonds. The first-order valence-corrected chi connectivity index (χ1v) is 9.24. The standard InChI is InChI=1S/C25H17NO2/c27-22(17-8-3-1-4-9-17)16-21-20-14-13-18-12-7-15-26-23(18)25(20)28-24(21)19-10-5-2-6-11-19/h1-15H,16H2. The highest BCUT2D eigenvalue weighted by molar-refractivity contribution is 6.07. The van der Waals surface area contributed by atoms with E-state index >= 15 is 0 Å². The predicted octanol–water partition coefficient (Wildman–Crippen LogP) is 6.07. The van der Waals surface area contributed by atoms with Gasteiger partial charge in [0, 0.05) is 40.1 Å². The average molecular weight is 363 g/mol. The molecule has 0 aliphatic heterocycles. The lowest BCUT2D eigenvalue weighted by Crippen LogP contribution is -2.03. The monoisotopic (exact) mass is 363 g/mol. The Balaban J connectivity index is 1.73. The topological polar surface area (TPSA) is 43.1 Å². The molecule has 0 aliphatic carbocycles. The van der Waals surface area contributed by atoms with Crippen molar-refractivity contribution in [2.75, 3.05) is 0 Å². The van der Waals surface area contributed by atoms with E-state index in [-0.39, 0.29) is 12.2 Å². The van der Waals surface area contributed by atoms with Crippen molar-refractivity contribution < 1.29 is 9.21 Å². The van der Waals surface area contributed by atoms with Crippen LogP contribution in [-0.4, -0.2) is 10.8 Å². The molecule has 28 heavy (non-hydrogen) atoms. The van der Waals surface area contributed by atoms with Crippen molar-refractivity contribution >= 4 is 27.7 Å². The molecule has 0 fully saturated rings. The number of rotatable bonds is 4. The van der Waals surface area contributed by atoms with Gasteiger partial charge in [-0.2, -0.15) is 0 Å². The van der Waals surface area contributed by atoms with Crippen LogP contribution in [0, 0.1) is 0 Å². The number of fused-ring (bicyclic) bond motifs is 3. The van der Waals surface area contributed by atoms with E-state index in [0.29, 0.717) is 5.56 Å². The van der Waals surface area contributed by atoms with E-state index in [1.165, 1.54) is 0 Å². The molecular weight excluding hydrogens is 346 g/mol. The molecule has 0 bridgehead atoms. The second kappa shape index (κ2) is 6.78. The number of aromatic nitrogens is 1. The quantitative estimate of drug-likeness (QED) is 0.364. The Hall–Kier alpha value is -3.72. The summed E-state index contributed by atoms with van der Waals surface area (Å²) in [6, 6.07) is 27.3. The molecule has 0 spiro atoms. The van der Waals surface area contributed by atoms with E-state index < -0.39 is 0 Å². The van der Waals surface area contributed by atoms with E-state index in [4.69, 9.17) is 4.42 Å². The van der Waals surface area contributed by atoms with Crippen molar-refractivity contribution in [3.05, 3.63) is 102 Å². The van der Waals surface area contributed by atoms with Gasteiger partial charge in [0.25, 0.3) is 0 Å². The van der Waals surface area contributed by atoms with Crippen molar-refractivity contribution in [1.82, 2.24) is 4.98 Å². The summed E-state index contributed by atoms with van der Waals surface area (Å²) in [5, 5.41) is 1.96. The summed E-state index contributed by atoms with van der Waals surface area (Å²) in [7, 11) is 0. The van der Waals surface area contributed by atoms with Crippen LogP contribution in [0.1, 0.15) is 15.9 Å². The summed E-state index contributed by atoms with van der Waals surface area (Å²) in [4.78, 5) is 17.5. The first-order valence-electron chi connectivity index (χ1n) is 9.24. The molecule has 0 aliphatic rings. The number of Topliss-reactive ketones (excluding diaryl/α,β-unsaturated/α-hetero) is 1. The minimum atomic E-state index is 0.0709. The molecule has 5 aromatic rings. The minimum Gasteiger partial charge on any atom is -0.453 e. The molecule has 0 radical (unpaired) electrons. The Morgan fingerprint density at radius 2 is 1.57 bits per heavy atom. The van der Waals surface area contributed by atoms with Gasteiger partial charge < -0.3 is 4.42 Å². The van der Waals surface area contributed by atoms with Gasteiger partial charge in [-0.3, -0.25) is 9.78 Å². The molecule has 5 rings (SSSR count). The summed E-state index contributed by atoms with van der Waals surface area (Å²) in [6.07, 6.45) is 2.04. The van der Waals surface area contributed by atoms with Crippen LogP contribution in [0.15, 0.2) is 95.5 Å². The third kappa shape index (κ3) is 2.78. The van der Waals surface area contributed by atoms with Crippen LogP contribution in [-0.2, 0) is 6.42 Å². The van der Waals surface area contributed by atoms with Gasteiger partial charge in [0.15, 0.2) is 11.4 Å². The second-order valence-corrected chi connectivity index (χ2v) is 6.76. The van der Waals surface area contributed by atoms with Gasteiger partial charge in [-0.1, -0.05) is 78.9 Å². The van der Waals surface area contributed by atoms with Crippen LogP contribution in [0.3, 0.4) is 0 Å². The normalized spacial score (nSPS) is 11.1. The number of hydrogen-bond acceptors (Lipinski definition) is 3. The molecular formula is C25H17NO2. The van der Waals surface area contributed by atoms with Gasteiger partial charge in [0.1, 0.15) is 11.3 Å². The van der Waals surface area contributed by atoms with Gasteiger partial charge in [-0.25, -0.2) is 0 Å². The fraction of sp³-hybridized carbons (Fsp3) is 0.0400. The number of hydrogen-bond donors (Lipinski definition) is 0. The highest BCUT2D eigenvalue weighted by Crippen LogP contribution is 2.37. The van der Waals surface area contributed by atoms with Crippen LogP contribution >= 0.6 is 0 Å². The lowest BCUT2D eigenvalue weighted by Gasteiger charge is -2.04. The number of carbonyl (C=O) groups is 1. The van der Waals surface area contributed by atoms with E-state index in [1.54, 1.807) is 6.20 Å². The van der Waals surface area contributed by atoms with Crippen LogP contribution in [0.25, 0.3) is 33.2 Å². The van der Waals surface area contributed by atoms with Crippen LogP contribution < -0.4 is 0 Å². The van der Waals surface area contributed by atoms with Crippen LogP contribution in [0.4, 0.5) is 0 Å². The summed E-state index contributed by atoms with van der Waals surface area (Å²) >= 11 is 0. The zero-order valence-corrected chi connectivity index (χ0v) is 15.1. The number of nitrogens with zero attached hydrogens (tertiary/aromatic N) is 1. The fourth-order valence-electron chi connectivity index (χ4n) is 3.63. The molecule has 2 heterocycles. The number of carbonyl (C=O) groups excluding carboxylic acids is 1. The molecule has 3 nitrogen and oxygen atoms in total. The molecule has 2 aromatic heterocycles. The van der Waals surface area contributed by atoms with Crippen molar-refractivity contribution in [3.63, 3.8) is 0 Å². The van der Waals surface area contributed by atoms with E-state index in [9.17, 15) is 4.79 Å². The summed E-state index contributed by atoms with van der Waals surface area (Å²) in [5.41, 5.74) is 4.11. The van der Waals surface area contributed by atoms with Crippen molar-refractivity contribution in [2.45, 2.75) is 6.42 Å². The Labute approximate surface area is 162 Å². The zero-order valence-electron chi connectivity index (χ0n) is 15.1. The van der Waals surface area contributed by atoms with Gasteiger partial charge in [-0.05, 0) is 6.07 Å². The number of ketones is 1. The van der Waals surface area contributed by atoms with Crippen molar-refractivity contribution in [3.8, 4) is 11.3 Å². The van der Waals surface area contributed by atoms with Gasteiger partial charge in [0.2, 0.25) is 0 Å². The van der Waals surface area contributed by atoms with Crippen LogP contribution in [0.5, 0.6) is 0 Å². The molecule has 0 saturated heterocycles. The smallest absolute Gasteiger partial charge is 0.167 e.